The number of nitro groups is 1. The third-order valence-corrected chi connectivity index (χ3v) is 6.22. The third kappa shape index (κ3) is 3.86. The normalized spacial score (nSPS) is 18.4. The standard InChI is InChI=1S/C18H20N2O5S/c1-14-6-5-11-19(13-14)26(23,24)16-9-10-18(17(12-16)20(21)22)25-15-7-3-2-4-8-15/h2-4,7-10,12,14H,5-6,11,13H2,1H3. The highest BCUT2D eigenvalue weighted by Crippen LogP contribution is 2.34. The van der Waals surface area contributed by atoms with Gasteiger partial charge in [0, 0.05) is 19.2 Å². The van der Waals surface area contributed by atoms with Gasteiger partial charge in [-0.2, -0.15) is 4.31 Å². The van der Waals surface area contributed by atoms with Crippen molar-refractivity contribution in [2.24, 2.45) is 5.92 Å². The maximum atomic E-state index is 12.8. The van der Waals surface area contributed by atoms with Crippen LogP contribution in [0.1, 0.15) is 19.8 Å². The Kier molecular flexibility index (Phi) is 5.24. The molecule has 1 unspecified atom stereocenters. The molecule has 7 nitrogen and oxygen atoms in total. The van der Waals surface area contributed by atoms with Gasteiger partial charge in [-0.1, -0.05) is 25.1 Å². The number of ether oxygens (including phenoxy) is 1. The lowest BCUT2D eigenvalue weighted by Gasteiger charge is -2.30. The lowest BCUT2D eigenvalue weighted by atomic mass is 10.0. The van der Waals surface area contributed by atoms with Gasteiger partial charge in [-0.3, -0.25) is 10.1 Å². The van der Waals surface area contributed by atoms with Crippen molar-refractivity contribution in [1.82, 2.24) is 4.31 Å². The SMILES string of the molecule is CC1CCCN(S(=O)(=O)c2ccc(Oc3ccccc3)c([N+](=O)[O-])c2)C1. The van der Waals surface area contributed by atoms with E-state index in [9.17, 15) is 18.5 Å². The molecule has 0 amide bonds. The van der Waals surface area contributed by atoms with E-state index in [0.717, 1.165) is 18.9 Å². The number of hydrogen-bond acceptors (Lipinski definition) is 5. The van der Waals surface area contributed by atoms with E-state index in [4.69, 9.17) is 4.74 Å². The molecule has 0 aliphatic carbocycles. The van der Waals surface area contributed by atoms with Crippen LogP contribution in [0, 0.1) is 16.0 Å². The number of piperidine rings is 1. The summed E-state index contributed by atoms with van der Waals surface area (Å²) in [5, 5.41) is 11.4. The van der Waals surface area contributed by atoms with Crippen LogP contribution in [0.4, 0.5) is 5.69 Å². The van der Waals surface area contributed by atoms with Crippen LogP contribution in [-0.2, 0) is 10.0 Å². The zero-order valence-electron chi connectivity index (χ0n) is 14.4. The van der Waals surface area contributed by atoms with Crippen LogP contribution >= 0.6 is 0 Å². The smallest absolute Gasteiger partial charge is 0.312 e. The van der Waals surface area contributed by atoms with Gasteiger partial charge in [0.25, 0.3) is 0 Å². The van der Waals surface area contributed by atoms with Gasteiger partial charge in [0.15, 0.2) is 0 Å². The first-order chi connectivity index (χ1) is 12.4. The molecule has 0 bridgehead atoms. The number of benzene rings is 2. The average molecular weight is 376 g/mol. The topological polar surface area (TPSA) is 89.8 Å². The molecule has 1 atom stereocenters. The molecule has 8 heteroatoms. The summed E-state index contributed by atoms with van der Waals surface area (Å²) in [7, 11) is -3.77. The molecule has 0 saturated carbocycles. The minimum Gasteiger partial charge on any atom is -0.450 e. The van der Waals surface area contributed by atoms with Crippen LogP contribution in [0.3, 0.4) is 0 Å². The van der Waals surface area contributed by atoms with E-state index in [1.54, 1.807) is 30.3 Å². The second-order valence-corrected chi connectivity index (χ2v) is 8.35. The highest BCUT2D eigenvalue weighted by atomic mass is 32.2. The summed E-state index contributed by atoms with van der Waals surface area (Å²) in [6.45, 7) is 2.86. The number of sulfonamides is 1. The summed E-state index contributed by atoms with van der Waals surface area (Å²) < 4.78 is 32.6. The monoisotopic (exact) mass is 376 g/mol. The molecule has 1 saturated heterocycles. The van der Waals surface area contributed by atoms with Gasteiger partial charge in [0.2, 0.25) is 15.8 Å². The Bertz CT molecular complexity index is 899. The highest BCUT2D eigenvalue weighted by Gasteiger charge is 2.31. The maximum Gasteiger partial charge on any atom is 0.312 e. The van der Waals surface area contributed by atoms with E-state index in [2.05, 4.69) is 0 Å². The first kappa shape index (κ1) is 18.3. The Labute approximate surface area is 152 Å². The molecule has 0 aromatic heterocycles. The molecule has 26 heavy (non-hydrogen) atoms. The van der Waals surface area contributed by atoms with Gasteiger partial charge in [-0.05, 0) is 43.0 Å². The van der Waals surface area contributed by atoms with Gasteiger partial charge in [0.05, 0.1) is 9.82 Å². The molecule has 1 heterocycles. The summed E-state index contributed by atoms with van der Waals surface area (Å²) in [6.07, 6.45) is 1.77. The number of hydrogen-bond donors (Lipinski definition) is 0. The fraction of sp³-hybridized carbons (Fsp3) is 0.333. The minimum absolute atomic E-state index is 0.00663. The molecule has 2 aromatic carbocycles. The molecule has 0 spiro atoms. The van der Waals surface area contributed by atoms with Crippen molar-refractivity contribution in [2.45, 2.75) is 24.7 Å². The van der Waals surface area contributed by atoms with Crippen LogP contribution in [0.15, 0.2) is 53.4 Å². The molecule has 0 radical (unpaired) electrons. The molecule has 138 valence electrons. The third-order valence-electron chi connectivity index (χ3n) is 4.36. The zero-order chi connectivity index (χ0) is 18.7. The first-order valence-corrected chi connectivity index (χ1v) is 9.83. The Hall–Kier alpha value is -2.45. The minimum atomic E-state index is -3.77. The zero-order valence-corrected chi connectivity index (χ0v) is 15.2. The van der Waals surface area contributed by atoms with E-state index < -0.39 is 14.9 Å². The summed E-state index contributed by atoms with van der Waals surface area (Å²) >= 11 is 0. The number of nitrogens with zero attached hydrogens (tertiary/aromatic N) is 2. The fourth-order valence-corrected chi connectivity index (χ4v) is 4.63. The van der Waals surface area contributed by atoms with E-state index in [0.29, 0.717) is 18.8 Å². The molecular weight excluding hydrogens is 356 g/mol. The summed E-state index contributed by atoms with van der Waals surface area (Å²) in [6, 6.07) is 12.4. The molecule has 0 N–H and O–H groups in total. The largest absolute Gasteiger partial charge is 0.450 e. The van der Waals surface area contributed by atoms with Crippen molar-refractivity contribution in [1.29, 1.82) is 0 Å². The average Bonchev–Trinajstić information content (AvgIpc) is 2.62. The van der Waals surface area contributed by atoms with Crippen molar-refractivity contribution >= 4 is 15.7 Å². The van der Waals surface area contributed by atoms with Crippen molar-refractivity contribution < 1.29 is 18.1 Å². The van der Waals surface area contributed by atoms with Crippen LogP contribution in [-0.4, -0.2) is 30.7 Å². The number of nitro benzene ring substituents is 1. The second kappa shape index (κ2) is 7.43. The number of para-hydroxylation sites is 1. The van der Waals surface area contributed by atoms with E-state index in [1.807, 2.05) is 6.92 Å². The maximum absolute atomic E-state index is 12.8. The Morgan fingerprint density at radius 3 is 2.58 bits per heavy atom. The predicted molar refractivity (Wildman–Crippen MR) is 96.8 cm³/mol. The molecular formula is C18H20N2O5S. The van der Waals surface area contributed by atoms with Gasteiger partial charge in [-0.25, -0.2) is 8.42 Å². The number of rotatable bonds is 5. The van der Waals surface area contributed by atoms with Crippen molar-refractivity contribution in [3.05, 3.63) is 58.6 Å². The highest BCUT2D eigenvalue weighted by molar-refractivity contribution is 7.89. The molecule has 1 aliphatic rings. The van der Waals surface area contributed by atoms with Crippen LogP contribution in [0.2, 0.25) is 0 Å². The second-order valence-electron chi connectivity index (χ2n) is 6.41. The Morgan fingerprint density at radius 2 is 1.92 bits per heavy atom. The molecule has 1 aliphatic heterocycles. The van der Waals surface area contributed by atoms with E-state index in [-0.39, 0.29) is 22.3 Å². The van der Waals surface area contributed by atoms with Crippen molar-refractivity contribution in [2.75, 3.05) is 13.1 Å². The van der Waals surface area contributed by atoms with Crippen molar-refractivity contribution in [3.8, 4) is 11.5 Å². The van der Waals surface area contributed by atoms with Crippen LogP contribution < -0.4 is 4.74 Å². The summed E-state index contributed by atoms with van der Waals surface area (Å²) in [4.78, 5) is 10.7. The van der Waals surface area contributed by atoms with Gasteiger partial charge in [-0.15, -0.1) is 0 Å². The first-order valence-electron chi connectivity index (χ1n) is 8.39. The van der Waals surface area contributed by atoms with E-state index >= 15 is 0 Å². The van der Waals surface area contributed by atoms with Gasteiger partial charge in [0.1, 0.15) is 5.75 Å². The van der Waals surface area contributed by atoms with Gasteiger partial charge < -0.3 is 4.74 Å². The molecule has 2 aromatic rings. The quantitative estimate of drug-likeness (QED) is 0.585. The molecule has 3 rings (SSSR count). The van der Waals surface area contributed by atoms with Gasteiger partial charge >= 0.3 is 5.69 Å². The Morgan fingerprint density at radius 1 is 1.19 bits per heavy atom. The van der Waals surface area contributed by atoms with Crippen LogP contribution in [0.25, 0.3) is 0 Å². The van der Waals surface area contributed by atoms with E-state index in [1.165, 1.54) is 16.4 Å². The van der Waals surface area contributed by atoms with Crippen molar-refractivity contribution in [3.63, 3.8) is 0 Å². The Balaban J connectivity index is 1.94. The predicted octanol–water partition coefficient (Wildman–Crippen LogP) is 3.81. The lowest BCUT2D eigenvalue weighted by Crippen LogP contribution is -2.39. The summed E-state index contributed by atoms with van der Waals surface area (Å²) in [5.74, 6) is 0.720. The fourth-order valence-electron chi connectivity index (χ4n) is 3.02. The summed E-state index contributed by atoms with van der Waals surface area (Å²) in [5.41, 5.74) is -0.375. The lowest BCUT2D eigenvalue weighted by molar-refractivity contribution is -0.385. The van der Waals surface area contributed by atoms with Crippen LogP contribution in [0.5, 0.6) is 11.5 Å². The molecule has 1 fully saturated rings.